The van der Waals surface area contributed by atoms with E-state index in [1.165, 1.54) is 43.6 Å². The summed E-state index contributed by atoms with van der Waals surface area (Å²) >= 11 is 0. The van der Waals surface area contributed by atoms with Gasteiger partial charge in [0.2, 0.25) is 5.75 Å². The van der Waals surface area contributed by atoms with Crippen molar-refractivity contribution in [2.75, 3.05) is 7.11 Å². The Balaban J connectivity index is 2.32. The number of pyridine rings is 1. The first-order chi connectivity index (χ1) is 10.0. The van der Waals surface area contributed by atoms with E-state index in [2.05, 4.69) is 4.98 Å². The largest absolute Gasteiger partial charge is 0.496 e. The van der Waals surface area contributed by atoms with Gasteiger partial charge in [-0.2, -0.15) is 0 Å². The van der Waals surface area contributed by atoms with Gasteiger partial charge in [-0.25, -0.2) is 4.39 Å². The van der Waals surface area contributed by atoms with Gasteiger partial charge in [0.15, 0.2) is 0 Å². The topological polar surface area (TPSA) is 74.5 Å². The summed E-state index contributed by atoms with van der Waals surface area (Å²) in [6, 6.07) is 6.97. The molecule has 0 saturated heterocycles. The number of rotatable bonds is 5. The van der Waals surface area contributed by atoms with Crippen LogP contribution in [0, 0.1) is 15.9 Å². The molecule has 1 aromatic heterocycles. The molecular formula is C14H13FN2O4. The van der Waals surface area contributed by atoms with Crippen LogP contribution < -0.4 is 9.47 Å². The minimum atomic E-state index is -0.640. The van der Waals surface area contributed by atoms with Gasteiger partial charge in [-0.3, -0.25) is 0 Å². The standard InChI is InChI=1S/C14H13FN2O4/c1-9(11-8-10(15)5-6-12(11)20-2)21-13-4-3-7-16-14(13)17(18)19/h3-9H,1-2H3. The van der Waals surface area contributed by atoms with Gasteiger partial charge < -0.3 is 19.6 Å². The first kappa shape index (κ1) is 14.7. The summed E-state index contributed by atoms with van der Waals surface area (Å²) in [5, 5.41) is 10.9. The van der Waals surface area contributed by atoms with Crippen molar-refractivity contribution in [1.29, 1.82) is 0 Å². The summed E-state index contributed by atoms with van der Waals surface area (Å²) in [5.74, 6) is -0.376. The van der Waals surface area contributed by atoms with Gasteiger partial charge >= 0.3 is 5.82 Å². The molecule has 21 heavy (non-hydrogen) atoms. The molecule has 1 unspecified atom stereocenters. The smallest absolute Gasteiger partial charge is 0.406 e. The second kappa shape index (κ2) is 6.17. The second-order valence-electron chi connectivity index (χ2n) is 4.23. The zero-order chi connectivity index (χ0) is 15.4. The van der Waals surface area contributed by atoms with Gasteiger partial charge in [0.25, 0.3) is 0 Å². The normalized spacial score (nSPS) is 11.8. The SMILES string of the molecule is COc1ccc(F)cc1C(C)Oc1cccnc1[N+](=O)[O-]. The van der Waals surface area contributed by atoms with Crippen molar-refractivity contribution in [2.45, 2.75) is 13.0 Å². The monoisotopic (exact) mass is 292 g/mol. The summed E-state index contributed by atoms with van der Waals surface area (Å²) < 4.78 is 24.0. The fourth-order valence-corrected chi connectivity index (χ4v) is 1.89. The van der Waals surface area contributed by atoms with Gasteiger partial charge in [-0.05, 0) is 47.2 Å². The van der Waals surface area contributed by atoms with Crippen LogP contribution in [0.1, 0.15) is 18.6 Å². The number of benzene rings is 1. The molecule has 0 N–H and O–H groups in total. The molecule has 2 rings (SSSR count). The molecule has 0 saturated carbocycles. The van der Waals surface area contributed by atoms with Crippen molar-refractivity contribution in [3.05, 3.63) is 58.0 Å². The Morgan fingerprint density at radius 2 is 2.10 bits per heavy atom. The van der Waals surface area contributed by atoms with E-state index in [-0.39, 0.29) is 11.6 Å². The van der Waals surface area contributed by atoms with E-state index in [1.54, 1.807) is 6.92 Å². The lowest BCUT2D eigenvalue weighted by Crippen LogP contribution is -2.07. The molecule has 0 amide bonds. The summed E-state index contributed by atoms with van der Waals surface area (Å²) in [7, 11) is 1.45. The van der Waals surface area contributed by atoms with Crippen molar-refractivity contribution < 1.29 is 18.8 Å². The average Bonchev–Trinajstić information content (AvgIpc) is 2.47. The lowest BCUT2D eigenvalue weighted by molar-refractivity contribution is -0.390. The first-order valence-corrected chi connectivity index (χ1v) is 6.12. The second-order valence-corrected chi connectivity index (χ2v) is 4.23. The maximum atomic E-state index is 13.4. The quantitative estimate of drug-likeness (QED) is 0.624. The minimum Gasteiger partial charge on any atom is -0.496 e. The Kier molecular flexibility index (Phi) is 4.32. The van der Waals surface area contributed by atoms with Crippen LogP contribution in [0.15, 0.2) is 36.5 Å². The van der Waals surface area contributed by atoms with Crippen LogP contribution >= 0.6 is 0 Å². The summed E-state index contributed by atoms with van der Waals surface area (Å²) in [6.45, 7) is 1.65. The molecule has 6 nitrogen and oxygen atoms in total. The lowest BCUT2D eigenvalue weighted by Gasteiger charge is -2.17. The van der Waals surface area contributed by atoms with Crippen molar-refractivity contribution in [3.63, 3.8) is 0 Å². The van der Waals surface area contributed by atoms with E-state index in [1.807, 2.05) is 0 Å². The highest BCUT2D eigenvalue weighted by Crippen LogP contribution is 2.32. The molecule has 0 fully saturated rings. The van der Waals surface area contributed by atoms with E-state index >= 15 is 0 Å². The molecule has 7 heteroatoms. The molecule has 0 aliphatic carbocycles. The molecule has 0 aliphatic heterocycles. The van der Waals surface area contributed by atoms with Crippen LogP contribution in [0.3, 0.4) is 0 Å². The molecule has 1 atom stereocenters. The Morgan fingerprint density at radius 3 is 2.76 bits per heavy atom. The molecular weight excluding hydrogens is 279 g/mol. The molecule has 0 aliphatic rings. The van der Waals surface area contributed by atoms with Crippen molar-refractivity contribution in [2.24, 2.45) is 0 Å². The summed E-state index contributed by atoms with van der Waals surface area (Å²) in [4.78, 5) is 13.9. The van der Waals surface area contributed by atoms with Crippen LogP contribution in [0.25, 0.3) is 0 Å². The predicted molar refractivity (Wildman–Crippen MR) is 72.9 cm³/mol. The van der Waals surface area contributed by atoms with Gasteiger partial charge in [-0.1, -0.05) is 0 Å². The molecule has 0 radical (unpaired) electrons. The Morgan fingerprint density at radius 1 is 1.33 bits per heavy atom. The number of halogens is 1. The van der Waals surface area contributed by atoms with Crippen molar-refractivity contribution in [3.8, 4) is 11.5 Å². The summed E-state index contributed by atoms with van der Waals surface area (Å²) in [6.07, 6.45) is 0.664. The third-order valence-electron chi connectivity index (χ3n) is 2.86. The molecule has 0 bridgehead atoms. The van der Waals surface area contributed by atoms with Gasteiger partial charge in [0.05, 0.1) is 7.11 Å². The molecule has 2 aromatic rings. The van der Waals surface area contributed by atoms with Gasteiger partial charge in [0.1, 0.15) is 23.9 Å². The van der Waals surface area contributed by atoms with Gasteiger partial charge in [-0.15, -0.1) is 0 Å². The fraction of sp³-hybridized carbons (Fsp3) is 0.214. The van der Waals surface area contributed by atoms with E-state index in [0.717, 1.165) is 0 Å². The van der Waals surface area contributed by atoms with Crippen molar-refractivity contribution >= 4 is 5.82 Å². The number of nitrogens with zero attached hydrogens (tertiary/aromatic N) is 2. The van der Waals surface area contributed by atoms with Crippen LogP contribution in [-0.4, -0.2) is 17.0 Å². The molecule has 1 heterocycles. The Hall–Kier alpha value is -2.70. The lowest BCUT2D eigenvalue weighted by atomic mass is 10.1. The maximum Gasteiger partial charge on any atom is 0.406 e. The Bertz CT molecular complexity index is 663. The number of nitro groups is 1. The van der Waals surface area contributed by atoms with Crippen LogP contribution in [0.5, 0.6) is 11.5 Å². The predicted octanol–water partition coefficient (Wildman–Crippen LogP) is 3.28. The highest BCUT2D eigenvalue weighted by molar-refractivity contribution is 5.41. The number of aromatic nitrogens is 1. The molecule has 110 valence electrons. The zero-order valence-electron chi connectivity index (χ0n) is 11.4. The van der Waals surface area contributed by atoms with E-state index in [4.69, 9.17) is 9.47 Å². The third kappa shape index (κ3) is 3.25. The van der Waals surface area contributed by atoms with Crippen LogP contribution in [0.2, 0.25) is 0 Å². The van der Waals surface area contributed by atoms with E-state index < -0.39 is 16.8 Å². The number of hydrogen-bond acceptors (Lipinski definition) is 5. The number of ether oxygens (including phenoxy) is 2. The molecule has 1 aromatic carbocycles. The minimum absolute atomic E-state index is 0.0151. The highest BCUT2D eigenvalue weighted by atomic mass is 19.1. The van der Waals surface area contributed by atoms with Crippen LogP contribution in [-0.2, 0) is 0 Å². The number of hydrogen-bond donors (Lipinski definition) is 0. The average molecular weight is 292 g/mol. The Labute approximate surface area is 120 Å². The van der Waals surface area contributed by atoms with E-state index in [0.29, 0.717) is 11.3 Å². The fourth-order valence-electron chi connectivity index (χ4n) is 1.89. The highest BCUT2D eigenvalue weighted by Gasteiger charge is 2.20. The van der Waals surface area contributed by atoms with Gasteiger partial charge in [0, 0.05) is 5.56 Å². The maximum absolute atomic E-state index is 13.4. The van der Waals surface area contributed by atoms with E-state index in [9.17, 15) is 14.5 Å². The van der Waals surface area contributed by atoms with Crippen molar-refractivity contribution in [1.82, 2.24) is 4.98 Å². The first-order valence-electron chi connectivity index (χ1n) is 6.12. The zero-order valence-corrected chi connectivity index (χ0v) is 11.4. The van der Waals surface area contributed by atoms with Crippen LogP contribution in [0.4, 0.5) is 10.2 Å². The molecule has 0 spiro atoms. The third-order valence-corrected chi connectivity index (χ3v) is 2.86. The summed E-state index contributed by atoms with van der Waals surface area (Å²) in [5.41, 5.74) is 0.454. The number of methoxy groups -OCH3 is 1.